The first-order valence-electron chi connectivity index (χ1n) is 6.44. The molecule has 2 N–H and O–H groups in total. The Morgan fingerprint density at radius 1 is 1.53 bits per heavy atom. The van der Waals surface area contributed by atoms with Gasteiger partial charge < -0.3 is 15.5 Å². The minimum atomic E-state index is -0.00911. The lowest BCUT2D eigenvalue weighted by Crippen LogP contribution is -2.48. The number of nitrogens with one attached hydrogen (secondary N) is 2. The van der Waals surface area contributed by atoms with Crippen LogP contribution in [0.4, 0.5) is 0 Å². The summed E-state index contributed by atoms with van der Waals surface area (Å²) in [6.07, 6.45) is 3.37. The van der Waals surface area contributed by atoms with E-state index in [9.17, 15) is 9.59 Å². The van der Waals surface area contributed by atoms with Gasteiger partial charge in [0.25, 0.3) is 0 Å². The summed E-state index contributed by atoms with van der Waals surface area (Å²) in [5.74, 6) is 0.287. The van der Waals surface area contributed by atoms with Crippen molar-refractivity contribution in [2.24, 2.45) is 5.92 Å². The fraction of sp³-hybridized carbons (Fsp3) is 0.833. The second-order valence-electron chi connectivity index (χ2n) is 4.93. The second kappa shape index (κ2) is 5.49. The third-order valence-corrected chi connectivity index (χ3v) is 3.71. The van der Waals surface area contributed by atoms with Gasteiger partial charge in [-0.25, -0.2) is 0 Å². The van der Waals surface area contributed by atoms with Crippen molar-refractivity contribution in [2.45, 2.75) is 31.7 Å². The molecule has 2 unspecified atom stereocenters. The molecule has 2 aliphatic rings. The van der Waals surface area contributed by atoms with E-state index >= 15 is 0 Å². The number of hydrogen-bond donors (Lipinski definition) is 2. The Bertz CT molecular complexity index is 296. The third kappa shape index (κ3) is 2.77. The molecule has 2 saturated heterocycles. The summed E-state index contributed by atoms with van der Waals surface area (Å²) in [7, 11) is 1.92. The van der Waals surface area contributed by atoms with Crippen LogP contribution in [0.2, 0.25) is 0 Å². The fourth-order valence-corrected chi connectivity index (χ4v) is 2.75. The van der Waals surface area contributed by atoms with Gasteiger partial charge in [-0.2, -0.15) is 0 Å². The summed E-state index contributed by atoms with van der Waals surface area (Å²) in [5, 5.41) is 5.92. The molecule has 5 nitrogen and oxygen atoms in total. The van der Waals surface area contributed by atoms with Crippen LogP contribution in [0.25, 0.3) is 0 Å². The van der Waals surface area contributed by atoms with E-state index in [-0.39, 0.29) is 17.7 Å². The molecule has 0 saturated carbocycles. The number of hydrogen-bond acceptors (Lipinski definition) is 3. The van der Waals surface area contributed by atoms with Gasteiger partial charge in [0.2, 0.25) is 11.8 Å². The number of likely N-dealkylation sites (N-methyl/N-ethyl adjacent to an activating group) is 1. The van der Waals surface area contributed by atoms with Gasteiger partial charge in [0.15, 0.2) is 0 Å². The molecule has 0 aromatic heterocycles. The lowest BCUT2D eigenvalue weighted by molar-refractivity contribution is -0.138. The lowest BCUT2D eigenvalue weighted by atomic mass is 9.97. The quantitative estimate of drug-likeness (QED) is 0.712. The molecule has 2 amide bonds. The van der Waals surface area contributed by atoms with E-state index in [0.717, 1.165) is 25.9 Å². The van der Waals surface area contributed by atoms with Crippen molar-refractivity contribution in [2.75, 3.05) is 26.7 Å². The highest BCUT2D eigenvalue weighted by molar-refractivity contribution is 5.84. The van der Waals surface area contributed by atoms with Crippen LogP contribution in [-0.2, 0) is 9.59 Å². The Kier molecular flexibility index (Phi) is 3.99. The molecule has 0 bridgehead atoms. The zero-order valence-corrected chi connectivity index (χ0v) is 10.4. The van der Waals surface area contributed by atoms with E-state index in [2.05, 4.69) is 10.6 Å². The van der Waals surface area contributed by atoms with Crippen molar-refractivity contribution < 1.29 is 9.59 Å². The standard InChI is InChI=1S/C12H21N3O2/c1-13-8-10-3-2-6-15(10)12(17)9-4-5-11(16)14-7-9/h9-10,13H,2-8H2,1H3,(H,14,16). The van der Waals surface area contributed by atoms with Gasteiger partial charge in [-0.1, -0.05) is 0 Å². The smallest absolute Gasteiger partial charge is 0.227 e. The van der Waals surface area contributed by atoms with Crippen LogP contribution >= 0.6 is 0 Å². The predicted molar refractivity (Wildman–Crippen MR) is 64.4 cm³/mol. The van der Waals surface area contributed by atoms with Crippen molar-refractivity contribution in [3.63, 3.8) is 0 Å². The maximum absolute atomic E-state index is 12.3. The molecular formula is C12H21N3O2. The van der Waals surface area contributed by atoms with Crippen LogP contribution in [0, 0.1) is 5.92 Å². The fourth-order valence-electron chi connectivity index (χ4n) is 2.75. The van der Waals surface area contributed by atoms with Gasteiger partial charge in [0.1, 0.15) is 0 Å². The highest BCUT2D eigenvalue weighted by Crippen LogP contribution is 2.22. The van der Waals surface area contributed by atoms with Gasteiger partial charge in [-0.3, -0.25) is 9.59 Å². The summed E-state index contributed by atoms with van der Waals surface area (Å²) < 4.78 is 0. The molecule has 96 valence electrons. The largest absolute Gasteiger partial charge is 0.355 e. The van der Waals surface area contributed by atoms with Gasteiger partial charge in [0.05, 0.1) is 5.92 Å². The predicted octanol–water partition coefficient (Wildman–Crippen LogP) is -0.277. The topological polar surface area (TPSA) is 61.4 Å². The number of nitrogens with zero attached hydrogens (tertiary/aromatic N) is 1. The van der Waals surface area contributed by atoms with Gasteiger partial charge in [-0.05, 0) is 26.3 Å². The second-order valence-corrected chi connectivity index (χ2v) is 4.93. The molecule has 17 heavy (non-hydrogen) atoms. The van der Waals surface area contributed by atoms with E-state index in [1.165, 1.54) is 0 Å². The van der Waals surface area contributed by atoms with Crippen molar-refractivity contribution in [1.82, 2.24) is 15.5 Å². The van der Waals surface area contributed by atoms with Crippen molar-refractivity contribution in [3.8, 4) is 0 Å². The summed E-state index contributed by atoms with van der Waals surface area (Å²) in [6.45, 7) is 2.25. The van der Waals surface area contributed by atoms with Crippen molar-refractivity contribution in [1.29, 1.82) is 0 Å². The molecule has 0 aliphatic carbocycles. The SMILES string of the molecule is CNCC1CCCN1C(=O)C1CCC(=O)NC1. The van der Waals surface area contributed by atoms with Crippen LogP contribution in [-0.4, -0.2) is 49.4 Å². The first-order valence-corrected chi connectivity index (χ1v) is 6.44. The van der Waals surface area contributed by atoms with Crippen LogP contribution < -0.4 is 10.6 Å². The van der Waals surface area contributed by atoms with Gasteiger partial charge in [-0.15, -0.1) is 0 Å². The number of likely N-dealkylation sites (tertiary alicyclic amines) is 1. The summed E-state index contributed by atoms with van der Waals surface area (Å²) in [5.41, 5.74) is 0. The molecule has 2 atom stereocenters. The zero-order valence-electron chi connectivity index (χ0n) is 10.4. The van der Waals surface area contributed by atoms with Crippen LogP contribution in [0.5, 0.6) is 0 Å². The minimum Gasteiger partial charge on any atom is -0.355 e. The Balaban J connectivity index is 1.92. The van der Waals surface area contributed by atoms with Gasteiger partial charge in [0, 0.05) is 32.1 Å². The summed E-state index contributed by atoms with van der Waals surface area (Å²) in [4.78, 5) is 25.4. The molecule has 5 heteroatoms. The van der Waals surface area contributed by atoms with Gasteiger partial charge >= 0.3 is 0 Å². The van der Waals surface area contributed by atoms with Crippen LogP contribution in [0.1, 0.15) is 25.7 Å². The Hall–Kier alpha value is -1.10. The van der Waals surface area contributed by atoms with Crippen LogP contribution in [0.3, 0.4) is 0 Å². The Labute approximate surface area is 102 Å². The molecule has 2 rings (SSSR count). The van der Waals surface area contributed by atoms with E-state index in [4.69, 9.17) is 0 Å². The van der Waals surface area contributed by atoms with E-state index < -0.39 is 0 Å². The maximum Gasteiger partial charge on any atom is 0.227 e. The molecule has 0 spiro atoms. The average molecular weight is 239 g/mol. The first kappa shape index (κ1) is 12.4. The average Bonchev–Trinajstić information content (AvgIpc) is 2.78. The van der Waals surface area contributed by atoms with Crippen LogP contribution in [0.15, 0.2) is 0 Å². The monoisotopic (exact) mass is 239 g/mol. The Morgan fingerprint density at radius 3 is 3.00 bits per heavy atom. The molecule has 0 aromatic rings. The van der Waals surface area contributed by atoms with E-state index in [0.29, 0.717) is 25.4 Å². The minimum absolute atomic E-state index is 0.00911. The molecule has 0 radical (unpaired) electrons. The molecule has 2 heterocycles. The zero-order chi connectivity index (χ0) is 12.3. The number of piperidine rings is 1. The Morgan fingerprint density at radius 2 is 2.35 bits per heavy atom. The number of rotatable bonds is 3. The number of carbonyl (C=O) groups excluding carboxylic acids is 2. The summed E-state index contributed by atoms with van der Waals surface area (Å²) in [6, 6.07) is 0.338. The van der Waals surface area contributed by atoms with Crippen molar-refractivity contribution in [3.05, 3.63) is 0 Å². The number of carbonyl (C=O) groups is 2. The highest BCUT2D eigenvalue weighted by atomic mass is 16.2. The molecule has 2 fully saturated rings. The maximum atomic E-state index is 12.3. The highest BCUT2D eigenvalue weighted by Gasteiger charge is 2.34. The summed E-state index contributed by atoms with van der Waals surface area (Å²) >= 11 is 0. The third-order valence-electron chi connectivity index (χ3n) is 3.71. The van der Waals surface area contributed by atoms with Crippen molar-refractivity contribution >= 4 is 11.8 Å². The molecule has 0 aromatic carbocycles. The number of amides is 2. The lowest BCUT2D eigenvalue weighted by Gasteiger charge is -2.30. The first-order chi connectivity index (χ1) is 8.22. The normalized spacial score (nSPS) is 29.2. The van der Waals surface area contributed by atoms with E-state index in [1.807, 2.05) is 11.9 Å². The van der Waals surface area contributed by atoms with E-state index in [1.54, 1.807) is 0 Å². The molecule has 2 aliphatic heterocycles. The molecular weight excluding hydrogens is 218 g/mol.